The van der Waals surface area contributed by atoms with Gasteiger partial charge in [-0.05, 0) is 30.3 Å². The lowest BCUT2D eigenvalue weighted by atomic mass is 10.1. The van der Waals surface area contributed by atoms with E-state index in [2.05, 4.69) is 10.3 Å². The highest BCUT2D eigenvalue weighted by Gasteiger charge is 2.30. The fraction of sp³-hybridized carbons (Fsp3) is 0.154. The number of benzene rings is 1. The molecule has 0 spiro atoms. The molecule has 1 aromatic carbocycles. The summed E-state index contributed by atoms with van der Waals surface area (Å²) in [6.07, 6.45) is -2.75. The third-order valence-corrected chi connectivity index (χ3v) is 2.55. The van der Waals surface area contributed by atoms with Crippen LogP contribution in [0.1, 0.15) is 21.6 Å². The molecule has 1 aromatic heterocycles. The molecule has 0 bridgehead atoms. The predicted molar refractivity (Wildman–Crippen MR) is 63.4 cm³/mol. The Bertz CT molecular complexity index is 562. The Hall–Kier alpha value is -2.24. The zero-order chi connectivity index (χ0) is 13.9. The van der Waals surface area contributed by atoms with E-state index < -0.39 is 17.6 Å². The molecule has 2 rings (SSSR count). The molecular weight excluding hydrogens is 257 g/mol. The summed E-state index contributed by atoms with van der Waals surface area (Å²) in [4.78, 5) is 14.6. The van der Waals surface area contributed by atoms with Crippen molar-refractivity contribution in [3.63, 3.8) is 0 Å². The van der Waals surface area contributed by atoms with Crippen LogP contribution in [0, 0.1) is 0 Å². The van der Waals surface area contributed by atoms with E-state index in [-0.39, 0.29) is 12.1 Å². The summed E-state index contributed by atoms with van der Waals surface area (Å²) in [7, 11) is 0. The van der Waals surface area contributed by atoms with Gasteiger partial charge in [0.25, 0.3) is 5.91 Å². The Morgan fingerprint density at radius 3 is 2.63 bits per heavy atom. The first-order chi connectivity index (χ1) is 8.97. The molecule has 1 heterocycles. The molecule has 19 heavy (non-hydrogen) atoms. The van der Waals surface area contributed by atoms with Crippen LogP contribution in [0.5, 0.6) is 0 Å². The van der Waals surface area contributed by atoms with E-state index in [9.17, 15) is 18.0 Å². The number of H-pyrrole nitrogens is 1. The standard InChI is InChI=1S/C13H11F3N2O/c14-13(15,16)10-4-1-3-9(7-10)12(19)18-8-11-5-2-6-17-11/h1-7,17H,8H2,(H,18,19). The Morgan fingerprint density at radius 1 is 1.21 bits per heavy atom. The Kier molecular flexibility index (Phi) is 3.59. The van der Waals surface area contributed by atoms with Crippen LogP contribution in [0.2, 0.25) is 0 Å². The maximum absolute atomic E-state index is 12.5. The third-order valence-electron chi connectivity index (χ3n) is 2.55. The van der Waals surface area contributed by atoms with Gasteiger partial charge in [-0.2, -0.15) is 13.2 Å². The molecule has 100 valence electrons. The summed E-state index contributed by atoms with van der Waals surface area (Å²) in [5.41, 5.74) is -0.0678. The molecule has 1 amide bonds. The lowest BCUT2D eigenvalue weighted by Gasteiger charge is -2.09. The van der Waals surface area contributed by atoms with E-state index in [1.165, 1.54) is 12.1 Å². The van der Waals surface area contributed by atoms with Gasteiger partial charge in [-0.1, -0.05) is 6.07 Å². The number of halogens is 3. The van der Waals surface area contributed by atoms with Crippen molar-refractivity contribution in [1.82, 2.24) is 10.3 Å². The fourth-order valence-corrected chi connectivity index (χ4v) is 1.59. The van der Waals surface area contributed by atoms with Crippen LogP contribution in [0.4, 0.5) is 13.2 Å². The van der Waals surface area contributed by atoms with Crippen LogP contribution in [-0.4, -0.2) is 10.9 Å². The minimum atomic E-state index is -4.45. The van der Waals surface area contributed by atoms with Gasteiger partial charge < -0.3 is 10.3 Å². The molecule has 0 radical (unpaired) electrons. The number of amides is 1. The van der Waals surface area contributed by atoms with Crippen LogP contribution in [0.15, 0.2) is 42.6 Å². The Labute approximate surface area is 107 Å². The minimum Gasteiger partial charge on any atom is -0.364 e. The van der Waals surface area contributed by atoms with Crippen LogP contribution in [0.25, 0.3) is 0 Å². The van der Waals surface area contributed by atoms with Crippen molar-refractivity contribution >= 4 is 5.91 Å². The molecule has 6 heteroatoms. The molecule has 2 aromatic rings. The van der Waals surface area contributed by atoms with Crippen LogP contribution < -0.4 is 5.32 Å². The number of alkyl halides is 3. The highest BCUT2D eigenvalue weighted by atomic mass is 19.4. The number of hydrogen-bond donors (Lipinski definition) is 2. The second-order valence-corrected chi connectivity index (χ2v) is 3.96. The SMILES string of the molecule is O=C(NCc1ccc[nH]1)c1cccc(C(F)(F)F)c1. The van der Waals surface area contributed by atoms with Crippen molar-refractivity contribution in [2.75, 3.05) is 0 Å². The molecule has 0 atom stereocenters. The van der Waals surface area contributed by atoms with Crippen LogP contribution in [0.3, 0.4) is 0 Å². The highest BCUT2D eigenvalue weighted by Crippen LogP contribution is 2.29. The normalized spacial score (nSPS) is 11.3. The first-order valence-corrected chi connectivity index (χ1v) is 5.54. The Balaban J connectivity index is 2.07. The average Bonchev–Trinajstić information content (AvgIpc) is 2.88. The predicted octanol–water partition coefficient (Wildman–Crippen LogP) is 2.96. The van der Waals surface area contributed by atoms with Gasteiger partial charge in [0, 0.05) is 17.5 Å². The fourth-order valence-electron chi connectivity index (χ4n) is 1.59. The minimum absolute atomic E-state index is 0.0126. The van der Waals surface area contributed by atoms with Gasteiger partial charge in [-0.3, -0.25) is 4.79 Å². The van der Waals surface area contributed by atoms with E-state index in [1.807, 2.05) is 0 Å². The van der Waals surface area contributed by atoms with Gasteiger partial charge in [-0.15, -0.1) is 0 Å². The number of carbonyl (C=O) groups excluding carboxylic acids is 1. The number of hydrogen-bond acceptors (Lipinski definition) is 1. The first-order valence-electron chi connectivity index (χ1n) is 5.54. The van der Waals surface area contributed by atoms with Crippen molar-refractivity contribution in [3.8, 4) is 0 Å². The summed E-state index contributed by atoms with van der Waals surface area (Å²) >= 11 is 0. The monoisotopic (exact) mass is 268 g/mol. The molecule has 2 N–H and O–H groups in total. The van der Waals surface area contributed by atoms with Crippen molar-refractivity contribution in [3.05, 3.63) is 59.4 Å². The lowest BCUT2D eigenvalue weighted by Crippen LogP contribution is -2.23. The molecule has 0 unspecified atom stereocenters. The number of nitrogens with one attached hydrogen (secondary N) is 2. The molecule has 3 nitrogen and oxygen atoms in total. The number of carbonyl (C=O) groups is 1. The zero-order valence-corrected chi connectivity index (χ0v) is 9.79. The van der Waals surface area contributed by atoms with Gasteiger partial charge in [0.15, 0.2) is 0 Å². The number of aromatic nitrogens is 1. The van der Waals surface area contributed by atoms with E-state index in [0.29, 0.717) is 0 Å². The molecule has 0 saturated carbocycles. The van der Waals surface area contributed by atoms with Gasteiger partial charge in [-0.25, -0.2) is 0 Å². The smallest absolute Gasteiger partial charge is 0.364 e. The maximum Gasteiger partial charge on any atom is 0.416 e. The van der Waals surface area contributed by atoms with E-state index in [4.69, 9.17) is 0 Å². The Morgan fingerprint density at radius 2 is 2.00 bits per heavy atom. The number of aromatic amines is 1. The van der Waals surface area contributed by atoms with Crippen LogP contribution >= 0.6 is 0 Å². The van der Waals surface area contributed by atoms with E-state index in [0.717, 1.165) is 17.8 Å². The van der Waals surface area contributed by atoms with Crippen molar-refractivity contribution in [1.29, 1.82) is 0 Å². The lowest BCUT2D eigenvalue weighted by molar-refractivity contribution is -0.137. The maximum atomic E-state index is 12.5. The van der Waals surface area contributed by atoms with Crippen molar-refractivity contribution in [2.45, 2.75) is 12.7 Å². The van der Waals surface area contributed by atoms with E-state index >= 15 is 0 Å². The summed E-state index contributed by atoms with van der Waals surface area (Å²) in [6.45, 7) is 0.238. The average molecular weight is 268 g/mol. The second kappa shape index (κ2) is 5.17. The summed E-state index contributed by atoms with van der Waals surface area (Å²) < 4.78 is 37.5. The molecule has 0 fully saturated rings. The third kappa shape index (κ3) is 3.37. The summed E-state index contributed by atoms with van der Waals surface area (Å²) in [5.74, 6) is -0.541. The number of rotatable bonds is 3. The molecular formula is C13H11F3N2O. The molecule has 0 aliphatic rings. The molecule has 0 aliphatic heterocycles. The van der Waals surface area contributed by atoms with Crippen LogP contribution in [-0.2, 0) is 12.7 Å². The summed E-state index contributed by atoms with van der Waals surface area (Å²) in [6, 6.07) is 7.87. The molecule has 0 aliphatic carbocycles. The first kappa shape index (κ1) is 13.2. The van der Waals surface area contributed by atoms with Gasteiger partial charge in [0.05, 0.1) is 12.1 Å². The quantitative estimate of drug-likeness (QED) is 0.883. The molecule has 0 saturated heterocycles. The van der Waals surface area contributed by atoms with E-state index in [1.54, 1.807) is 18.3 Å². The van der Waals surface area contributed by atoms with Gasteiger partial charge in [0.1, 0.15) is 0 Å². The second-order valence-electron chi connectivity index (χ2n) is 3.96. The van der Waals surface area contributed by atoms with Gasteiger partial charge >= 0.3 is 6.18 Å². The van der Waals surface area contributed by atoms with Gasteiger partial charge in [0.2, 0.25) is 0 Å². The van der Waals surface area contributed by atoms with Crippen molar-refractivity contribution < 1.29 is 18.0 Å². The zero-order valence-electron chi connectivity index (χ0n) is 9.79. The topological polar surface area (TPSA) is 44.9 Å². The largest absolute Gasteiger partial charge is 0.416 e. The summed E-state index contributed by atoms with van der Waals surface area (Å²) in [5, 5.41) is 2.54. The van der Waals surface area contributed by atoms with Crippen molar-refractivity contribution in [2.24, 2.45) is 0 Å². The highest BCUT2D eigenvalue weighted by molar-refractivity contribution is 5.94.